The third kappa shape index (κ3) is 2.36. The van der Waals surface area contributed by atoms with Gasteiger partial charge in [-0.2, -0.15) is 5.26 Å². The Hall–Kier alpha value is -0.550. The van der Waals surface area contributed by atoms with Gasteiger partial charge in [-0.3, -0.25) is 4.90 Å². The molecule has 0 saturated heterocycles. The third-order valence-electron chi connectivity index (χ3n) is 5.47. The summed E-state index contributed by atoms with van der Waals surface area (Å²) >= 11 is 0. The molecule has 3 saturated carbocycles. The van der Waals surface area contributed by atoms with Crippen molar-refractivity contribution in [3.63, 3.8) is 0 Å². The quantitative estimate of drug-likeness (QED) is 0.696. The maximum Gasteiger partial charge on any atom is 0.0868 e. The molecule has 0 heterocycles. The van der Waals surface area contributed by atoms with E-state index in [4.69, 9.17) is 5.26 Å². The zero-order chi connectivity index (χ0) is 11.7. The predicted octanol–water partition coefficient (Wildman–Crippen LogP) is 3.19. The van der Waals surface area contributed by atoms with E-state index in [0.717, 1.165) is 23.8 Å². The molecule has 2 heteroatoms. The van der Waals surface area contributed by atoms with E-state index in [1.54, 1.807) is 0 Å². The van der Waals surface area contributed by atoms with Crippen LogP contribution in [0.3, 0.4) is 0 Å². The fourth-order valence-electron chi connectivity index (χ4n) is 4.60. The van der Waals surface area contributed by atoms with Gasteiger partial charge in [-0.1, -0.05) is 19.3 Å². The highest BCUT2D eigenvalue weighted by molar-refractivity contribution is 4.94. The summed E-state index contributed by atoms with van der Waals surface area (Å²) in [6.45, 7) is 1.89. The van der Waals surface area contributed by atoms with Gasteiger partial charge in [0.1, 0.15) is 0 Å². The van der Waals surface area contributed by atoms with E-state index < -0.39 is 0 Å². The lowest BCUT2D eigenvalue weighted by atomic mass is 9.88. The highest BCUT2D eigenvalue weighted by atomic mass is 15.2. The Balaban J connectivity index is 1.58. The minimum atomic E-state index is 0.665. The highest BCUT2D eigenvalue weighted by Crippen LogP contribution is 2.48. The van der Waals surface area contributed by atoms with Gasteiger partial charge < -0.3 is 0 Å². The molecule has 0 radical (unpaired) electrons. The van der Waals surface area contributed by atoms with Crippen LogP contribution in [0, 0.1) is 29.1 Å². The molecule has 3 rings (SSSR count). The van der Waals surface area contributed by atoms with Gasteiger partial charge in [0, 0.05) is 12.6 Å². The van der Waals surface area contributed by atoms with Crippen LogP contribution < -0.4 is 0 Å². The van der Waals surface area contributed by atoms with Crippen LogP contribution in [0.25, 0.3) is 0 Å². The summed E-state index contributed by atoms with van der Waals surface area (Å²) < 4.78 is 0. The third-order valence-corrected chi connectivity index (χ3v) is 5.47. The van der Waals surface area contributed by atoms with Crippen molar-refractivity contribution in [2.45, 2.75) is 57.4 Å². The number of nitrogens with zero attached hydrogens (tertiary/aromatic N) is 2. The maximum atomic E-state index is 9.01. The molecule has 3 aliphatic carbocycles. The van der Waals surface area contributed by atoms with Gasteiger partial charge in [0.25, 0.3) is 0 Å². The smallest absolute Gasteiger partial charge is 0.0868 e. The van der Waals surface area contributed by atoms with Crippen molar-refractivity contribution in [1.29, 1.82) is 5.26 Å². The molecule has 3 fully saturated rings. The first-order valence-corrected chi connectivity index (χ1v) is 7.48. The lowest BCUT2D eigenvalue weighted by molar-refractivity contribution is 0.159. The first-order valence-electron chi connectivity index (χ1n) is 7.48. The van der Waals surface area contributed by atoms with Gasteiger partial charge >= 0.3 is 0 Å². The van der Waals surface area contributed by atoms with Crippen LogP contribution in [0.5, 0.6) is 0 Å². The zero-order valence-corrected chi connectivity index (χ0v) is 10.8. The molecule has 2 nitrogen and oxygen atoms in total. The van der Waals surface area contributed by atoms with Crippen molar-refractivity contribution >= 4 is 0 Å². The van der Waals surface area contributed by atoms with Crippen LogP contribution in [0.4, 0.5) is 0 Å². The Morgan fingerprint density at radius 1 is 1.06 bits per heavy atom. The summed E-state index contributed by atoms with van der Waals surface area (Å²) in [5.41, 5.74) is 0. The second kappa shape index (κ2) is 4.98. The fraction of sp³-hybridized carbons (Fsp3) is 0.933. The van der Waals surface area contributed by atoms with Crippen molar-refractivity contribution < 1.29 is 0 Å². The molecule has 0 N–H and O–H groups in total. The molecule has 3 unspecified atom stereocenters. The number of nitriles is 1. The van der Waals surface area contributed by atoms with E-state index in [1.807, 2.05) is 0 Å². The SMILES string of the molecule is N#CCN(CC1CC2CCC1C2)C1CCCC1. The van der Waals surface area contributed by atoms with Crippen molar-refractivity contribution in [3.05, 3.63) is 0 Å². The van der Waals surface area contributed by atoms with Gasteiger partial charge in [-0.25, -0.2) is 0 Å². The van der Waals surface area contributed by atoms with E-state index in [-0.39, 0.29) is 0 Å². The summed E-state index contributed by atoms with van der Waals surface area (Å²) in [6.07, 6.45) is 11.3. The standard InChI is InChI=1S/C15H24N2/c16-7-8-17(15-3-1-2-4-15)11-14-10-12-5-6-13(14)9-12/h12-15H,1-6,8-11H2. The number of rotatable bonds is 4. The Morgan fingerprint density at radius 2 is 1.88 bits per heavy atom. The maximum absolute atomic E-state index is 9.01. The summed E-state index contributed by atoms with van der Waals surface area (Å²) in [6, 6.07) is 3.12. The molecule has 0 aromatic rings. The van der Waals surface area contributed by atoms with Gasteiger partial charge in [-0.15, -0.1) is 0 Å². The number of hydrogen-bond acceptors (Lipinski definition) is 2. The Labute approximate surface area is 105 Å². The second-order valence-corrected chi connectivity index (χ2v) is 6.46. The molecule has 0 spiro atoms. The first kappa shape index (κ1) is 11.5. The summed E-state index contributed by atoms with van der Waals surface area (Å²) in [5.74, 6) is 2.96. The molecule has 0 aromatic heterocycles. The summed E-state index contributed by atoms with van der Waals surface area (Å²) in [7, 11) is 0. The summed E-state index contributed by atoms with van der Waals surface area (Å²) in [4.78, 5) is 2.51. The molecule has 0 amide bonds. The molecule has 3 atom stereocenters. The first-order chi connectivity index (χ1) is 8.36. The van der Waals surface area contributed by atoms with Crippen LogP contribution in [0.15, 0.2) is 0 Å². The minimum absolute atomic E-state index is 0.665. The Bertz CT molecular complexity index is 301. The molecule has 0 aliphatic heterocycles. The number of fused-ring (bicyclic) bond motifs is 2. The average molecular weight is 232 g/mol. The predicted molar refractivity (Wildman–Crippen MR) is 68.4 cm³/mol. The van der Waals surface area contributed by atoms with E-state index in [9.17, 15) is 0 Å². The van der Waals surface area contributed by atoms with E-state index in [1.165, 1.54) is 57.9 Å². The van der Waals surface area contributed by atoms with Crippen LogP contribution in [-0.2, 0) is 0 Å². The van der Waals surface area contributed by atoms with E-state index in [2.05, 4.69) is 11.0 Å². The molecule has 17 heavy (non-hydrogen) atoms. The van der Waals surface area contributed by atoms with Gasteiger partial charge in [-0.05, 0) is 49.9 Å². The normalized spacial score (nSPS) is 36.8. The fourth-order valence-corrected chi connectivity index (χ4v) is 4.60. The molecular formula is C15H24N2. The summed E-state index contributed by atoms with van der Waals surface area (Å²) in [5, 5.41) is 9.01. The Morgan fingerprint density at radius 3 is 2.47 bits per heavy atom. The van der Waals surface area contributed by atoms with Crippen LogP contribution in [-0.4, -0.2) is 24.0 Å². The van der Waals surface area contributed by atoms with Crippen molar-refractivity contribution in [2.24, 2.45) is 17.8 Å². The number of hydrogen-bond donors (Lipinski definition) is 0. The lowest BCUT2D eigenvalue weighted by Crippen LogP contribution is -2.38. The lowest BCUT2D eigenvalue weighted by Gasteiger charge is -2.32. The molecular weight excluding hydrogens is 208 g/mol. The van der Waals surface area contributed by atoms with Gasteiger partial charge in [0.15, 0.2) is 0 Å². The van der Waals surface area contributed by atoms with Crippen LogP contribution >= 0.6 is 0 Å². The second-order valence-electron chi connectivity index (χ2n) is 6.46. The van der Waals surface area contributed by atoms with Crippen molar-refractivity contribution in [2.75, 3.05) is 13.1 Å². The monoisotopic (exact) mass is 232 g/mol. The van der Waals surface area contributed by atoms with Crippen molar-refractivity contribution in [1.82, 2.24) is 4.90 Å². The van der Waals surface area contributed by atoms with Crippen LogP contribution in [0.2, 0.25) is 0 Å². The Kier molecular flexibility index (Phi) is 3.38. The molecule has 3 aliphatic rings. The topological polar surface area (TPSA) is 27.0 Å². The van der Waals surface area contributed by atoms with Crippen molar-refractivity contribution in [3.8, 4) is 6.07 Å². The molecule has 94 valence electrons. The highest BCUT2D eigenvalue weighted by Gasteiger charge is 2.40. The van der Waals surface area contributed by atoms with Gasteiger partial charge in [0.2, 0.25) is 0 Å². The largest absolute Gasteiger partial charge is 0.287 e. The van der Waals surface area contributed by atoms with Gasteiger partial charge in [0.05, 0.1) is 12.6 Å². The molecule has 2 bridgehead atoms. The molecule has 0 aromatic carbocycles. The minimum Gasteiger partial charge on any atom is -0.287 e. The van der Waals surface area contributed by atoms with E-state index in [0.29, 0.717) is 6.54 Å². The average Bonchev–Trinajstić information content (AvgIpc) is 3.06. The van der Waals surface area contributed by atoms with E-state index >= 15 is 0 Å². The zero-order valence-electron chi connectivity index (χ0n) is 10.8. The van der Waals surface area contributed by atoms with Crippen LogP contribution in [0.1, 0.15) is 51.4 Å².